The van der Waals surface area contributed by atoms with Gasteiger partial charge in [0.25, 0.3) is 0 Å². The van der Waals surface area contributed by atoms with Gasteiger partial charge >= 0.3 is 0 Å². The second-order valence-electron chi connectivity index (χ2n) is 5.20. The van der Waals surface area contributed by atoms with Gasteiger partial charge < -0.3 is 15.2 Å². The van der Waals surface area contributed by atoms with E-state index in [-0.39, 0.29) is 0 Å². The lowest BCUT2D eigenvalue weighted by Gasteiger charge is -2.21. The molecule has 18 heavy (non-hydrogen) atoms. The minimum atomic E-state index is -0.678. The fraction of sp³-hybridized carbons (Fsp3) is 0.600. The molecule has 0 saturated heterocycles. The second kappa shape index (κ2) is 6.76. The van der Waals surface area contributed by atoms with Gasteiger partial charge in [-0.1, -0.05) is 25.1 Å². The van der Waals surface area contributed by atoms with Crippen molar-refractivity contribution in [1.29, 1.82) is 0 Å². The third-order valence-corrected chi connectivity index (χ3v) is 3.02. The fourth-order valence-electron chi connectivity index (χ4n) is 1.89. The third-order valence-electron chi connectivity index (χ3n) is 3.02. The molecule has 0 aliphatic rings. The molecule has 3 nitrogen and oxygen atoms in total. The SMILES string of the molecule is CCC(NC)c1ccccc1OCCC(C)(C)O. The highest BCUT2D eigenvalue weighted by Crippen LogP contribution is 2.27. The highest BCUT2D eigenvalue weighted by molar-refractivity contribution is 5.35. The average Bonchev–Trinajstić information content (AvgIpc) is 2.31. The first-order chi connectivity index (χ1) is 8.48. The van der Waals surface area contributed by atoms with Crippen molar-refractivity contribution >= 4 is 0 Å². The van der Waals surface area contributed by atoms with Crippen LogP contribution < -0.4 is 10.1 Å². The van der Waals surface area contributed by atoms with Crippen LogP contribution in [0.5, 0.6) is 5.75 Å². The molecule has 0 spiro atoms. The van der Waals surface area contributed by atoms with E-state index in [9.17, 15) is 5.11 Å². The first-order valence-electron chi connectivity index (χ1n) is 6.59. The molecule has 0 aliphatic heterocycles. The predicted molar refractivity (Wildman–Crippen MR) is 74.9 cm³/mol. The Morgan fingerprint density at radius 1 is 1.33 bits per heavy atom. The van der Waals surface area contributed by atoms with Crippen molar-refractivity contribution in [2.75, 3.05) is 13.7 Å². The van der Waals surface area contributed by atoms with E-state index in [0.29, 0.717) is 19.1 Å². The summed E-state index contributed by atoms with van der Waals surface area (Å²) < 4.78 is 5.80. The molecular formula is C15H25NO2. The van der Waals surface area contributed by atoms with Crippen molar-refractivity contribution < 1.29 is 9.84 Å². The van der Waals surface area contributed by atoms with Gasteiger partial charge in [0.05, 0.1) is 12.2 Å². The monoisotopic (exact) mass is 251 g/mol. The van der Waals surface area contributed by atoms with Crippen LogP contribution in [-0.4, -0.2) is 24.4 Å². The highest BCUT2D eigenvalue weighted by Gasteiger charge is 2.15. The summed E-state index contributed by atoms with van der Waals surface area (Å²) in [4.78, 5) is 0. The minimum Gasteiger partial charge on any atom is -0.493 e. The summed E-state index contributed by atoms with van der Waals surface area (Å²) in [6.07, 6.45) is 1.64. The van der Waals surface area contributed by atoms with Crippen LogP contribution in [0.2, 0.25) is 0 Å². The maximum absolute atomic E-state index is 9.67. The Hall–Kier alpha value is -1.06. The Kier molecular flexibility index (Phi) is 5.63. The molecule has 0 fully saturated rings. The first-order valence-corrected chi connectivity index (χ1v) is 6.59. The van der Waals surface area contributed by atoms with Crippen LogP contribution in [-0.2, 0) is 0 Å². The lowest BCUT2D eigenvalue weighted by Crippen LogP contribution is -2.22. The lowest BCUT2D eigenvalue weighted by atomic mass is 10.0. The number of rotatable bonds is 7. The summed E-state index contributed by atoms with van der Waals surface area (Å²) in [7, 11) is 1.96. The van der Waals surface area contributed by atoms with Crippen molar-refractivity contribution in [2.45, 2.75) is 45.3 Å². The zero-order valence-electron chi connectivity index (χ0n) is 11.9. The summed E-state index contributed by atoms with van der Waals surface area (Å²) in [6, 6.07) is 8.39. The molecule has 1 unspecified atom stereocenters. The lowest BCUT2D eigenvalue weighted by molar-refractivity contribution is 0.0551. The van der Waals surface area contributed by atoms with Crippen LogP contribution in [0, 0.1) is 0 Å². The maximum atomic E-state index is 9.67. The molecule has 2 N–H and O–H groups in total. The fourth-order valence-corrected chi connectivity index (χ4v) is 1.89. The van der Waals surface area contributed by atoms with Crippen molar-refractivity contribution in [3.8, 4) is 5.75 Å². The van der Waals surface area contributed by atoms with Crippen molar-refractivity contribution in [2.24, 2.45) is 0 Å². The number of hydrogen-bond donors (Lipinski definition) is 2. The van der Waals surface area contributed by atoms with Gasteiger partial charge in [0, 0.05) is 18.0 Å². The molecule has 0 radical (unpaired) electrons. The van der Waals surface area contributed by atoms with Gasteiger partial charge in [-0.2, -0.15) is 0 Å². The van der Waals surface area contributed by atoms with Gasteiger partial charge in [0.15, 0.2) is 0 Å². The van der Waals surface area contributed by atoms with Crippen LogP contribution in [0.4, 0.5) is 0 Å². The van der Waals surface area contributed by atoms with E-state index in [4.69, 9.17) is 4.74 Å². The van der Waals surface area contributed by atoms with Crippen molar-refractivity contribution in [1.82, 2.24) is 5.32 Å². The zero-order chi connectivity index (χ0) is 13.6. The molecule has 1 aromatic carbocycles. The second-order valence-corrected chi connectivity index (χ2v) is 5.20. The van der Waals surface area contributed by atoms with E-state index >= 15 is 0 Å². The van der Waals surface area contributed by atoms with Crippen LogP contribution in [0.25, 0.3) is 0 Å². The number of nitrogens with one attached hydrogen (secondary N) is 1. The molecule has 1 atom stereocenters. The van der Waals surface area contributed by atoms with Gasteiger partial charge in [-0.25, -0.2) is 0 Å². The molecule has 0 amide bonds. The van der Waals surface area contributed by atoms with Gasteiger partial charge in [-0.15, -0.1) is 0 Å². The normalized spacial score (nSPS) is 13.4. The van der Waals surface area contributed by atoms with Gasteiger partial charge in [0.1, 0.15) is 5.75 Å². The van der Waals surface area contributed by atoms with Gasteiger partial charge in [-0.3, -0.25) is 0 Å². The molecule has 102 valence electrons. The molecule has 1 rings (SSSR count). The molecule has 0 aliphatic carbocycles. The summed E-state index contributed by atoms with van der Waals surface area (Å²) >= 11 is 0. The molecular weight excluding hydrogens is 226 g/mol. The van der Waals surface area contributed by atoms with Crippen LogP contribution >= 0.6 is 0 Å². The summed E-state index contributed by atoms with van der Waals surface area (Å²) in [5.41, 5.74) is 0.500. The maximum Gasteiger partial charge on any atom is 0.124 e. The average molecular weight is 251 g/mol. The van der Waals surface area contributed by atoms with Crippen LogP contribution in [0.1, 0.15) is 45.2 Å². The van der Waals surface area contributed by atoms with E-state index < -0.39 is 5.60 Å². The minimum absolute atomic E-state index is 0.309. The topological polar surface area (TPSA) is 41.5 Å². The van der Waals surface area contributed by atoms with E-state index in [2.05, 4.69) is 18.3 Å². The number of para-hydroxylation sites is 1. The quantitative estimate of drug-likeness (QED) is 0.783. The molecule has 0 saturated carbocycles. The summed E-state index contributed by atoms with van der Waals surface area (Å²) in [6.45, 7) is 6.27. The molecule has 0 bridgehead atoms. The number of benzene rings is 1. The Labute approximate surface area is 110 Å². The van der Waals surface area contributed by atoms with Crippen LogP contribution in [0.15, 0.2) is 24.3 Å². The van der Waals surface area contributed by atoms with E-state index in [1.807, 2.05) is 25.2 Å². The zero-order valence-corrected chi connectivity index (χ0v) is 11.9. The predicted octanol–water partition coefficient (Wildman–Crippen LogP) is 2.90. The Bertz CT molecular complexity index is 354. The Balaban J connectivity index is 2.70. The van der Waals surface area contributed by atoms with E-state index in [0.717, 1.165) is 12.2 Å². The highest BCUT2D eigenvalue weighted by atomic mass is 16.5. The van der Waals surface area contributed by atoms with Gasteiger partial charge in [-0.05, 0) is 33.4 Å². The smallest absolute Gasteiger partial charge is 0.124 e. The number of hydrogen-bond acceptors (Lipinski definition) is 3. The first kappa shape index (κ1) is 15.0. The Morgan fingerprint density at radius 2 is 2.00 bits per heavy atom. The van der Waals surface area contributed by atoms with E-state index in [1.165, 1.54) is 5.56 Å². The largest absolute Gasteiger partial charge is 0.493 e. The summed E-state index contributed by atoms with van der Waals surface area (Å²) in [5, 5.41) is 13.0. The molecule has 0 aromatic heterocycles. The third kappa shape index (κ3) is 4.67. The van der Waals surface area contributed by atoms with Crippen LogP contribution in [0.3, 0.4) is 0 Å². The number of aliphatic hydroxyl groups is 1. The van der Waals surface area contributed by atoms with Gasteiger partial charge in [0.2, 0.25) is 0 Å². The Morgan fingerprint density at radius 3 is 2.56 bits per heavy atom. The van der Waals surface area contributed by atoms with Crippen molar-refractivity contribution in [3.63, 3.8) is 0 Å². The number of ether oxygens (including phenoxy) is 1. The molecule has 0 heterocycles. The standard InChI is InChI=1S/C15H25NO2/c1-5-13(16-4)12-8-6-7-9-14(12)18-11-10-15(2,3)17/h6-9,13,16-17H,5,10-11H2,1-4H3. The van der Waals surface area contributed by atoms with E-state index in [1.54, 1.807) is 13.8 Å². The molecule has 1 aromatic rings. The van der Waals surface area contributed by atoms with Crippen molar-refractivity contribution in [3.05, 3.63) is 29.8 Å². The molecule has 3 heteroatoms. The summed E-state index contributed by atoms with van der Waals surface area (Å²) in [5.74, 6) is 0.906.